The van der Waals surface area contributed by atoms with Crippen LogP contribution in [0.5, 0.6) is 5.75 Å². The van der Waals surface area contributed by atoms with Crippen LogP contribution in [0.4, 0.5) is 13.2 Å². The van der Waals surface area contributed by atoms with E-state index < -0.39 is 6.36 Å². The van der Waals surface area contributed by atoms with Gasteiger partial charge in [-0.2, -0.15) is 0 Å². The Morgan fingerprint density at radius 2 is 1.83 bits per heavy atom. The molecule has 4 rings (SSSR count). The molecule has 0 spiro atoms. The minimum absolute atomic E-state index is 0.224. The van der Waals surface area contributed by atoms with Gasteiger partial charge in [0, 0.05) is 24.0 Å². The average Bonchev–Trinajstić information content (AvgIpc) is 3.15. The van der Waals surface area contributed by atoms with Crippen LogP contribution in [0.3, 0.4) is 0 Å². The molecule has 1 aliphatic heterocycles. The molecule has 3 nitrogen and oxygen atoms in total. The maximum atomic E-state index is 12.5. The molecule has 1 atom stereocenters. The molecule has 158 valence electrons. The highest BCUT2D eigenvalue weighted by atomic mass is 32.1. The van der Waals surface area contributed by atoms with Crippen molar-refractivity contribution in [2.75, 3.05) is 13.1 Å². The summed E-state index contributed by atoms with van der Waals surface area (Å²) in [5.41, 5.74) is 3.51. The van der Waals surface area contributed by atoms with Crippen LogP contribution in [0, 0.1) is 5.92 Å². The molecule has 0 N–H and O–H groups in total. The molecule has 2 heterocycles. The Morgan fingerprint density at radius 3 is 2.60 bits per heavy atom. The summed E-state index contributed by atoms with van der Waals surface area (Å²) in [4.78, 5) is 7.26. The number of thiazole rings is 1. The summed E-state index contributed by atoms with van der Waals surface area (Å²) in [7, 11) is 0. The van der Waals surface area contributed by atoms with Crippen molar-refractivity contribution in [2.24, 2.45) is 5.92 Å². The fraction of sp³-hybridized carbons (Fsp3) is 0.348. The normalized spacial score (nSPS) is 17.8. The van der Waals surface area contributed by atoms with Gasteiger partial charge in [0.05, 0.1) is 5.69 Å². The standard InChI is InChI=1S/C23H23F3N2OS/c1-16-5-4-10-28(13-16)14-20-15-30-22(27-20)19-8-2-6-17(11-19)18-7-3-9-21(12-18)29-23(24,25)26/h2-3,6-9,11-12,15-16H,4-5,10,13-14H2,1H3/t16-/m0/s1. The minimum atomic E-state index is -4.70. The van der Waals surface area contributed by atoms with Crippen LogP contribution >= 0.6 is 11.3 Å². The van der Waals surface area contributed by atoms with E-state index in [1.54, 1.807) is 23.5 Å². The molecular formula is C23H23F3N2OS. The summed E-state index contributed by atoms with van der Waals surface area (Å²) in [6.45, 7) is 5.37. The van der Waals surface area contributed by atoms with Gasteiger partial charge in [0.15, 0.2) is 0 Å². The van der Waals surface area contributed by atoms with Crippen LogP contribution in [0.25, 0.3) is 21.7 Å². The number of hydrogen-bond donors (Lipinski definition) is 0. The first kappa shape index (κ1) is 20.9. The number of halogens is 3. The van der Waals surface area contributed by atoms with Crippen LogP contribution in [0.2, 0.25) is 0 Å². The average molecular weight is 433 g/mol. The Balaban J connectivity index is 1.52. The van der Waals surface area contributed by atoms with Crippen molar-refractivity contribution >= 4 is 11.3 Å². The first-order chi connectivity index (χ1) is 14.4. The summed E-state index contributed by atoms with van der Waals surface area (Å²) in [5.74, 6) is 0.503. The number of hydrogen-bond acceptors (Lipinski definition) is 4. The predicted molar refractivity (Wildman–Crippen MR) is 113 cm³/mol. The topological polar surface area (TPSA) is 25.4 Å². The zero-order chi connectivity index (χ0) is 21.1. The van der Waals surface area contributed by atoms with Crippen LogP contribution in [-0.2, 0) is 6.54 Å². The molecule has 1 aromatic heterocycles. The fourth-order valence-corrected chi connectivity index (χ4v) is 4.68. The lowest BCUT2D eigenvalue weighted by atomic mass is 10.0. The van der Waals surface area contributed by atoms with Gasteiger partial charge >= 0.3 is 6.36 Å². The van der Waals surface area contributed by atoms with Crippen molar-refractivity contribution in [3.8, 4) is 27.4 Å². The molecule has 1 fully saturated rings. The number of likely N-dealkylation sites (tertiary alicyclic amines) is 1. The van der Waals surface area contributed by atoms with Crippen molar-refractivity contribution in [3.05, 3.63) is 59.6 Å². The minimum Gasteiger partial charge on any atom is -0.406 e. The van der Waals surface area contributed by atoms with E-state index in [2.05, 4.69) is 21.9 Å². The Bertz CT molecular complexity index is 1000. The highest BCUT2D eigenvalue weighted by Crippen LogP contribution is 2.32. The van der Waals surface area contributed by atoms with E-state index in [4.69, 9.17) is 4.98 Å². The predicted octanol–water partition coefficient (Wildman–Crippen LogP) is 6.61. The second kappa shape index (κ2) is 8.78. The van der Waals surface area contributed by atoms with Gasteiger partial charge in [-0.25, -0.2) is 4.98 Å². The van der Waals surface area contributed by atoms with Gasteiger partial charge in [0.1, 0.15) is 10.8 Å². The van der Waals surface area contributed by atoms with E-state index in [9.17, 15) is 13.2 Å². The quantitative estimate of drug-likeness (QED) is 0.454. The molecular weight excluding hydrogens is 409 g/mol. The zero-order valence-corrected chi connectivity index (χ0v) is 17.5. The second-order valence-corrected chi connectivity index (χ2v) is 8.64. The van der Waals surface area contributed by atoms with Crippen LogP contribution in [0.15, 0.2) is 53.9 Å². The van der Waals surface area contributed by atoms with Gasteiger partial charge < -0.3 is 4.74 Å². The number of benzene rings is 2. The number of alkyl halides is 3. The first-order valence-electron chi connectivity index (χ1n) is 9.99. The maximum Gasteiger partial charge on any atom is 0.573 e. The Morgan fingerprint density at radius 1 is 1.10 bits per heavy atom. The van der Waals surface area contributed by atoms with E-state index in [1.807, 2.05) is 24.3 Å². The smallest absolute Gasteiger partial charge is 0.406 e. The first-order valence-corrected chi connectivity index (χ1v) is 10.9. The highest BCUT2D eigenvalue weighted by molar-refractivity contribution is 7.13. The molecule has 0 radical (unpaired) electrons. The summed E-state index contributed by atoms with van der Waals surface area (Å²) < 4.78 is 41.6. The van der Waals surface area contributed by atoms with Gasteiger partial charge in [0.2, 0.25) is 0 Å². The van der Waals surface area contributed by atoms with Gasteiger partial charge in [-0.15, -0.1) is 24.5 Å². The number of piperidine rings is 1. The summed E-state index contributed by atoms with van der Waals surface area (Å²) in [5, 5.41) is 3.01. The summed E-state index contributed by atoms with van der Waals surface area (Å²) >= 11 is 1.60. The van der Waals surface area contributed by atoms with Gasteiger partial charge in [-0.1, -0.05) is 37.3 Å². The van der Waals surface area contributed by atoms with E-state index in [0.717, 1.165) is 47.4 Å². The maximum absolute atomic E-state index is 12.5. The molecule has 1 aliphatic rings. The molecule has 30 heavy (non-hydrogen) atoms. The molecule has 0 bridgehead atoms. The zero-order valence-electron chi connectivity index (χ0n) is 16.7. The van der Waals surface area contributed by atoms with E-state index in [0.29, 0.717) is 5.56 Å². The third-order valence-corrected chi connectivity index (χ3v) is 6.13. The molecule has 0 saturated carbocycles. The van der Waals surface area contributed by atoms with Crippen LogP contribution in [0.1, 0.15) is 25.5 Å². The molecule has 1 saturated heterocycles. The second-order valence-electron chi connectivity index (χ2n) is 7.78. The molecule has 7 heteroatoms. The van der Waals surface area contributed by atoms with Gasteiger partial charge in [-0.3, -0.25) is 4.90 Å². The van der Waals surface area contributed by atoms with Crippen LogP contribution < -0.4 is 4.74 Å². The van der Waals surface area contributed by atoms with Crippen LogP contribution in [-0.4, -0.2) is 29.3 Å². The fourth-order valence-electron chi connectivity index (χ4n) is 3.88. The number of aromatic nitrogens is 1. The molecule has 0 aliphatic carbocycles. The lowest BCUT2D eigenvalue weighted by molar-refractivity contribution is -0.274. The van der Waals surface area contributed by atoms with E-state index in [1.165, 1.54) is 25.0 Å². The Hall–Kier alpha value is -2.38. The monoisotopic (exact) mass is 432 g/mol. The van der Waals surface area contributed by atoms with Gasteiger partial charge in [0.25, 0.3) is 0 Å². The molecule has 2 aromatic carbocycles. The van der Waals surface area contributed by atoms with Crippen molar-refractivity contribution in [3.63, 3.8) is 0 Å². The third kappa shape index (κ3) is 5.40. The molecule has 3 aromatic rings. The number of nitrogens with zero attached hydrogens (tertiary/aromatic N) is 2. The van der Waals surface area contributed by atoms with Crippen molar-refractivity contribution < 1.29 is 17.9 Å². The largest absolute Gasteiger partial charge is 0.573 e. The van der Waals surface area contributed by atoms with Gasteiger partial charge in [-0.05, 0) is 54.6 Å². The van der Waals surface area contributed by atoms with Crippen molar-refractivity contribution in [1.29, 1.82) is 0 Å². The lowest BCUT2D eigenvalue weighted by Crippen LogP contribution is -2.33. The Labute approximate surface area is 178 Å². The Kier molecular flexibility index (Phi) is 6.11. The highest BCUT2D eigenvalue weighted by Gasteiger charge is 2.31. The lowest BCUT2D eigenvalue weighted by Gasteiger charge is -2.30. The van der Waals surface area contributed by atoms with E-state index in [-0.39, 0.29) is 5.75 Å². The molecule has 0 unspecified atom stereocenters. The summed E-state index contributed by atoms with van der Waals surface area (Å²) in [6, 6.07) is 13.7. The number of ether oxygens (including phenoxy) is 1. The SMILES string of the molecule is C[C@H]1CCCN(Cc2csc(-c3cccc(-c4cccc(OC(F)(F)F)c4)c3)n2)C1. The third-order valence-electron chi connectivity index (χ3n) is 5.19. The number of rotatable bonds is 5. The van der Waals surface area contributed by atoms with Crippen molar-refractivity contribution in [1.82, 2.24) is 9.88 Å². The van der Waals surface area contributed by atoms with E-state index >= 15 is 0 Å². The summed E-state index contributed by atoms with van der Waals surface area (Å²) in [6.07, 6.45) is -2.18. The molecule has 0 amide bonds. The van der Waals surface area contributed by atoms with Crippen molar-refractivity contribution in [2.45, 2.75) is 32.7 Å².